The average molecular weight is 294 g/mol. The molecule has 0 bridgehead atoms. The van der Waals surface area contributed by atoms with Crippen LogP contribution in [0, 0.1) is 11.7 Å². The number of benzene rings is 1. The third-order valence-electron chi connectivity index (χ3n) is 3.31. The zero-order valence-corrected chi connectivity index (χ0v) is 11.9. The topological polar surface area (TPSA) is 63.4 Å². The highest BCUT2D eigenvalue weighted by Crippen LogP contribution is 2.22. The average Bonchev–Trinajstić information content (AvgIpc) is 2.34. The third kappa shape index (κ3) is 3.01. The molecular formula is C14H15FN2O2S. The maximum Gasteiger partial charge on any atom is 0.229 e. The summed E-state index contributed by atoms with van der Waals surface area (Å²) in [5.74, 6) is -0.985. The number of thiocarbonyl (C=S) groups is 1. The largest absolute Gasteiger partial charge is 0.389 e. The van der Waals surface area contributed by atoms with Crippen molar-refractivity contribution < 1.29 is 14.0 Å². The van der Waals surface area contributed by atoms with Crippen molar-refractivity contribution in [3.05, 3.63) is 35.1 Å². The summed E-state index contributed by atoms with van der Waals surface area (Å²) in [6.45, 7) is 1.80. The molecule has 1 aliphatic heterocycles. The van der Waals surface area contributed by atoms with Crippen molar-refractivity contribution in [3.8, 4) is 0 Å². The van der Waals surface area contributed by atoms with Gasteiger partial charge in [0, 0.05) is 24.0 Å². The monoisotopic (exact) mass is 294 g/mol. The van der Waals surface area contributed by atoms with Crippen molar-refractivity contribution in [1.82, 2.24) is 4.90 Å². The summed E-state index contributed by atoms with van der Waals surface area (Å²) >= 11 is 4.77. The van der Waals surface area contributed by atoms with E-state index in [0.717, 1.165) is 4.90 Å². The van der Waals surface area contributed by atoms with Crippen LogP contribution in [0.3, 0.4) is 0 Å². The molecule has 4 nitrogen and oxygen atoms in total. The molecule has 20 heavy (non-hydrogen) atoms. The zero-order valence-electron chi connectivity index (χ0n) is 11.1. The number of halogens is 1. The van der Waals surface area contributed by atoms with Crippen molar-refractivity contribution in [3.63, 3.8) is 0 Å². The quantitative estimate of drug-likeness (QED) is 0.681. The van der Waals surface area contributed by atoms with E-state index < -0.39 is 5.82 Å². The number of imide groups is 1. The molecule has 0 unspecified atom stereocenters. The van der Waals surface area contributed by atoms with Gasteiger partial charge in [-0.05, 0) is 12.0 Å². The van der Waals surface area contributed by atoms with Crippen LogP contribution in [-0.4, -0.2) is 21.7 Å². The van der Waals surface area contributed by atoms with Crippen LogP contribution in [0.15, 0.2) is 18.2 Å². The molecular weight excluding hydrogens is 279 g/mol. The number of carbonyl (C=O) groups excluding carboxylic acids is 2. The van der Waals surface area contributed by atoms with Gasteiger partial charge in [0.2, 0.25) is 11.8 Å². The van der Waals surface area contributed by atoms with Gasteiger partial charge in [0.15, 0.2) is 0 Å². The fourth-order valence-corrected chi connectivity index (χ4v) is 2.33. The van der Waals surface area contributed by atoms with Gasteiger partial charge in [-0.1, -0.05) is 31.3 Å². The number of nitrogens with zero attached hydrogens (tertiary/aromatic N) is 1. The van der Waals surface area contributed by atoms with E-state index in [0.29, 0.717) is 18.4 Å². The van der Waals surface area contributed by atoms with Gasteiger partial charge in [-0.2, -0.15) is 0 Å². The highest BCUT2D eigenvalue weighted by Gasteiger charge is 2.30. The van der Waals surface area contributed by atoms with Crippen LogP contribution in [-0.2, 0) is 16.1 Å². The number of likely N-dealkylation sites (tertiary alicyclic amines) is 1. The van der Waals surface area contributed by atoms with Crippen molar-refractivity contribution in [2.75, 3.05) is 0 Å². The van der Waals surface area contributed by atoms with E-state index in [4.69, 9.17) is 18.0 Å². The van der Waals surface area contributed by atoms with Gasteiger partial charge in [0.25, 0.3) is 0 Å². The normalized spacial score (nSPS) is 16.6. The molecule has 2 rings (SSSR count). The highest BCUT2D eigenvalue weighted by molar-refractivity contribution is 7.80. The molecule has 0 aliphatic carbocycles. The summed E-state index contributed by atoms with van der Waals surface area (Å²) in [4.78, 5) is 24.9. The van der Waals surface area contributed by atoms with Gasteiger partial charge < -0.3 is 5.73 Å². The first-order valence-electron chi connectivity index (χ1n) is 6.30. The number of carbonyl (C=O) groups is 2. The summed E-state index contributed by atoms with van der Waals surface area (Å²) < 4.78 is 13.9. The summed E-state index contributed by atoms with van der Waals surface area (Å²) in [6.07, 6.45) is 0.636. The lowest BCUT2D eigenvalue weighted by molar-refractivity contribution is -0.150. The molecule has 1 aliphatic rings. The van der Waals surface area contributed by atoms with Gasteiger partial charge >= 0.3 is 0 Å². The molecule has 1 aromatic carbocycles. The van der Waals surface area contributed by atoms with Gasteiger partial charge in [0.1, 0.15) is 10.8 Å². The van der Waals surface area contributed by atoms with Crippen molar-refractivity contribution in [2.45, 2.75) is 26.3 Å². The van der Waals surface area contributed by atoms with Crippen LogP contribution >= 0.6 is 12.2 Å². The van der Waals surface area contributed by atoms with Crippen molar-refractivity contribution >= 4 is 29.0 Å². The Labute approximate surface area is 121 Å². The van der Waals surface area contributed by atoms with Crippen LogP contribution in [0.5, 0.6) is 0 Å². The third-order valence-corrected chi connectivity index (χ3v) is 3.55. The Kier molecular flexibility index (Phi) is 4.13. The van der Waals surface area contributed by atoms with E-state index in [-0.39, 0.29) is 34.8 Å². The number of piperidine rings is 1. The molecule has 1 heterocycles. The lowest BCUT2D eigenvalue weighted by Crippen LogP contribution is -2.42. The highest BCUT2D eigenvalue weighted by atomic mass is 32.1. The minimum absolute atomic E-state index is 0.0478. The zero-order chi connectivity index (χ0) is 14.9. The Morgan fingerprint density at radius 3 is 2.50 bits per heavy atom. The van der Waals surface area contributed by atoms with Crippen LogP contribution in [0.25, 0.3) is 0 Å². The lowest BCUT2D eigenvalue weighted by Gasteiger charge is -2.28. The first kappa shape index (κ1) is 14.6. The van der Waals surface area contributed by atoms with Crippen LogP contribution < -0.4 is 5.73 Å². The van der Waals surface area contributed by atoms with Gasteiger partial charge in [0.05, 0.1) is 6.54 Å². The second kappa shape index (κ2) is 5.66. The van der Waals surface area contributed by atoms with E-state index in [2.05, 4.69) is 0 Å². The molecule has 2 amide bonds. The summed E-state index contributed by atoms with van der Waals surface area (Å²) in [7, 11) is 0. The molecule has 106 valence electrons. The first-order chi connectivity index (χ1) is 9.38. The molecule has 0 atom stereocenters. The lowest BCUT2D eigenvalue weighted by atomic mass is 9.97. The maximum absolute atomic E-state index is 13.9. The summed E-state index contributed by atoms with van der Waals surface area (Å²) in [5, 5.41) is 0. The van der Waals surface area contributed by atoms with E-state index in [1.54, 1.807) is 6.07 Å². The van der Waals surface area contributed by atoms with Crippen molar-refractivity contribution in [1.29, 1.82) is 0 Å². The molecule has 2 N–H and O–H groups in total. The van der Waals surface area contributed by atoms with Crippen LogP contribution in [0.4, 0.5) is 4.39 Å². The Hall–Kier alpha value is -1.82. The number of rotatable bonds is 3. The van der Waals surface area contributed by atoms with Gasteiger partial charge in [-0.25, -0.2) is 4.39 Å². The molecule has 1 aromatic rings. The Morgan fingerprint density at radius 1 is 1.40 bits per heavy atom. The Morgan fingerprint density at radius 2 is 2.00 bits per heavy atom. The second-order valence-corrected chi connectivity index (χ2v) is 5.50. The molecule has 0 saturated carbocycles. The minimum Gasteiger partial charge on any atom is -0.389 e. The smallest absolute Gasteiger partial charge is 0.229 e. The van der Waals surface area contributed by atoms with E-state index in [1.165, 1.54) is 12.1 Å². The standard InChI is InChI=1S/C14H15FN2O2S/c1-8-4-12(18)17(13(19)5-8)7-10-3-2-9(14(16)20)6-11(10)15/h2-3,6,8H,4-5,7H2,1H3,(H2,16,20). The van der Waals surface area contributed by atoms with E-state index in [9.17, 15) is 14.0 Å². The fourth-order valence-electron chi connectivity index (χ4n) is 2.20. The van der Waals surface area contributed by atoms with Crippen molar-refractivity contribution in [2.24, 2.45) is 11.7 Å². The van der Waals surface area contributed by atoms with E-state index >= 15 is 0 Å². The maximum atomic E-state index is 13.9. The number of nitrogens with two attached hydrogens (primary N) is 1. The molecule has 1 saturated heterocycles. The number of amides is 2. The second-order valence-electron chi connectivity index (χ2n) is 5.06. The summed E-state index contributed by atoms with van der Waals surface area (Å²) in [6, 6.07) is 4.31. The molecule has 0 spiro atoms. The predicted octanol–water partition coefficient (Wildman–Crippen LogP) is 1.74. The van der Waals surface area contributed by atoms with E-state index in [1.807, 2.05) is 6.92 Å². The molecule has 0 aromatic heterocycles. The Bertz CT molecular complexity index is 571. The number of hydrogen-bond donors (Lipinski definition) is 1. The fraction of sp³-hybridized carbons (Fsp3) is 0.357. The van der Waals surface area contributed by atoms with Gasteiger partial charge in [-0.3, -0.25) is 14.5 Å². The molecule has 0 radical (unpaired) electrons. The minimum atomic E-state index is -0.519. The number of hydrogen-bond acceptors (Lipinski definition) is 3. The summed E-state index contributed by atoms with van der Waals surface area (Å²) in [5.41, 5.74) is 6.12. The van der Waals surface area contributed by atoms with Crippen LogP contribution in [0.1, 0.15) is 30.9 Å². The predicted molar refractivity (Wildman–Crippen MR) is 76.2 cm³/mol. The Balaban J connectivity index is 2.19. The molecule has 6 heteroatoms. The SMILES string of the molecule is CC1CC(=O)N(Cc2ccc(C(N)=S)cc2F)C(=O)C1. The first-order valence-corrected chi connectivity index (χ1v) is 6.70. The van der Waals surface area contributed by atoms with Crippen LogP contribution in [0.2, 0.25) is 0 Å². The van der Waals surface area contributed by atoms with Gasteiger partial charge in [-0.15, -0.1) is 0 Å². The molecule has 1 fully saturated rings.